The third kappa shape index (κ3) is 2.72. The molecule has 2 rings (SSSR count). The predicted octanol–water partition coefficient (Wildman–Crippen LogP) is 2.39. The third-order valence-electron chi connectivity index (χ3n) is 3.27. The second-order valence-corrected chi connectivity index (χ2v) is 5.65. The molecule has 1 aromatic rings. The van der Waals surface area contributed by atoms with Gasteiger partial charge in [-0.1, -0.05) is 22.6 Å². The lowest BCUT2D eigenvalue weighted by atomic mass is 9.90. The van der Waals surface area contributed by atoms with Crippen molar-refractivity contribution >= 4 is 28.4 Å². The zero-order chi connectivity index (χ0) is 14.0. The summed E-state index contributed by atoms with van der Waals surface area (Å²) in [7, 11) is 1.57. The molecule has 1 unspecified atom stereocenters. The molecule has 4 nitrogen and oxygen atoms in total. The number of ketones is 1. The number of methoxy groups -OCH3 is 1. The van der Waals surface area contributed by atoms with Crippen molar-refractivity contribution in [1.29, 1.82) is 0 Å². The number of ether oxygens (including phenoxy) is 2. The highest BCUT2D eigenvalue weighted by Crippen LogP contribution is 2.40. The summed E-state index contributed by atoms with van der Waals surface area (Å²) in [4.78, 5) is 12.2. The van der Waals surface area contributed by atoms with Gasteiger partial charge in [-0.3, -0.25) is 4.79 Å². The first-order valence-corrected chi connectivity index (χ1v) is 7.66. The van der Waals surface area contributed by atoms with E-state index in [1.165, 1.54) is 0 Å². The van der Waals surface area contributed by atoms with E-state index >= 15 is 0 Å². The predicted molar refractivity (Wildman–Crippen MR) is 80.7 cm³/mol. The van der Waals surface area contributed by atoms with Crippen LogP contribution in [-0.4, -0.2) is 34.6 Å². The number of fused-ring (bicyclic) bond motifs is 1. The molecule has 1 atom stereocenters. The molecular weight excluding hydrogens is 359 g/mol. The lowest BCUT2D eigenvalue weighted by Crippen LogP contribution is -2.41. The minimum absolute atomic E-state index is 0.00862. The van der Waals surface area contributed by atoms with E-state index in [4.69, 9.17) is 9.47 Å². The lowest BCUT2D eigenvalue weighted by molar-refractivity contribution is 0.0643. The number of alkyl halides is 1. The van der Waals surface area contributed by atoms with Crippen molar-refractivity contribution in [1.82, 2.24) is 0 Å². The van der Waals surface area contributed by atoms with E-state index in [1.54, 1.807) is 19.2 Å². The van der Waals surface area contributed by atoms with Gasteiger partial charge in [-0.25, -0.2) is 0 Å². The molecule has 0 aliphatic carbocycles. The normalized spacial score (nSPS) is 21.8. The van der Waals surface area contributed by atoms with E-state index in [2.05, 4.69) is 22.6 Å². The molecule has 1 N–H and O–H groups in total. The average molecular weight is 376 g/mol. The Morgan fingerprint density at radius 2 is 2.26 bits per heavy atom. The quantitative estimate of drug-likeness (QED) is 0.648. The van der Waals surface area contributed by atoms with E-state index < -0.39 is 5.60 Å². The fourth-order valence-corrected chi connectivity index (χ4v) is 2.70. The zero-order valence-electron chi connectivity index (χ0n) is 11.0. The molecule has 1 heterocycles. The number of carbonyl (C=O) groups is 1. The van der Waals surface area contributed by atoms with Crippen LogP contribution in [0.3, 0.4) is 0 Å². The van der Waals surface area contributed by atoms with Gasteiger partial charge in [0.05, 0.1) is 19.1 Å². The first-order valence-electron chi connectivity index (χ1n) is 6.13. The minimum Gasteiger partial charge on any atom is -0.496 e. The summed E-state index contributed by atoms with van der Waals surface area (Å²) >= 11 is 2.23. The number of hydrogen-bond donors (Lipinski definition) is 1. The molecule has 19 heavy (non-hydrogen) atoms. The molecule has 104 valence electrons. The minimum atomic E-state index is -0.485. The number of aliphatic hydroxyl groups is 1. The summed E-state index contributed by atoms with van der Waals surface area (Å²) in [6.07, 6.45) is 0.796. The van der Waals surface area contributed by atoms with E-state index in [0.29, 0.717) is 29.9 Å². The summed E-state index contributed by atoms with van der Waals surface area (Å²) in [5.74, 6) is 1.31. The van der Waals surface area contributed by atoms with Crippen LogP contribution in [0.25, 0.3) is 0 Å². The summed E-state index contributed by atoms with van der Waals surface area (Å²) in [5.41, 5.74) is 0.875. The molecule has 0 amide bonds. The number of halogens is 1. The van der Waals surface area contributed by atoms with Crippen LogP contribution >= 0.6 is 22.6 Å². The Morgan fingerprint density at radius 3 is 2.84 bits per heavy atom. The number of hydrogen-bond acceptors (Lipinski definition) is 4. The van der Waals surface area contributed by atoms with Crippen molar-refractivity contribution in [2.45, 2.75) is 25.4 Å². The largest absolute Gasteiger partial charge is 0.496 e. The summed E-state index contributed by atoms with van der Waals surface area (Å²) in [6, 6.07) is 3.50. The second kappa shape index (κ2) is 5.66. The van der Waals surface area contributed by atoms with Crippen molar-refractivity contribution in [3.05, 3.63) is 23.3 Å². The van der Waals surface area contributed by atoms with Crippen molar-refractivity contribution in [3.63, 3.8) is 0 Å². The maximum Gasteiger partial charge on any atom is 0.170 e. The van der Waals surface area contributed by atoms with Crippen LogP contribution in [0.15, 0.2) is 12.1 Å². The SMILES string of the molecule is COc1ccc2c(c1CCO)OC(C)(CI)CC2=O. The highest BCUT2D eigenvalue weighted by atomic mass is 127. The highest BCUT2D eigenvalue weighted by Gasteiger charge is 2.37. The lowest BCUT2D eigenvalue weighted by Gasteiger charge is -2.35. The number of benzene rings is 1. The van der Waals surface area contributed by atoms with E-state index in [1.807, 2.05) is 6.92 Å². The van der Waals surface area contributed by atoms with E-state index in [9.17, 15) is 9.90 Å². The Balaban J connectivity index is 2.56. The first-order chi connectivity index (χ1) is 9.04. The molecule has 1 aliphatic heterocycles. The molecule has 0 saturated heterocycles. The first kappa shape index (κ1) is 14.6. The second-order valence-electron chi connectivity index (χ2n) is 4.88. The van der Waals surface area contributed by atoms with Gasteiger partial charge < -0.3 is 14.6 Å². The average Bonchev–Trinajstić information content (AvgIpc) is 2.40. The summed E-state index contributed by atoms with van der Waals surface area (Å²) in [5, 5.41) is 9.20. The summed E-state index contributed by atoms with van der Waals surface area (Å²) < 4.78 is 12.1. The Hall–Kier alpha value is -0.820. The monoisotopic (exact) mass is 376 g/mol. The Kier molecular flexibility index (Phi) is 4.35. The van der Waals surface area contributed by atoms with Gasteiger partial charge in [0.25, 0.3) is 0 Å². The van der Waals surface area contributed by atoms with Gasteiger partial charge in [0, 0.05) is 23.0 Å². The van der Waals surface area contributed by atoms with Crippen molar-refractivity contribution in [3.8, 4) is 11.5 Å². The molecule has 0 radical (unpaired) electrons. The van der Waals surface area contributed by atoms with Gasteiger partial charge in [0.15, 0.2) is 5.78 Å². The van der Waals surface area contributed by atoms with Crippen molar-refractivity contribution < 1.29 is 19.4 Å². The maximum absolute atomic E-state index is 12.2. The van der Waals surface area contributed by atoms with Gasteiger partial charge in [0.1, 0.15) is 17.1 Å². The van der Waals surface area contributed by atoms with Gasteiger partial charge in [0.2, 0.25) is 0 Å². The van der Waals surface area contributed by atoms with Crippen molar-refractivity contribution in [2.24, 2.45) is 0 Å². The molecule has 0 saturated carbocycles. The fraction of sp³-hybridized carbons (Fsp3) is 0.500. The molecule has 1 aliphatic rings. The van der Waals surface area contributed by atoms with E-state index in [-0.39, 0.29) is 12.4 Å². The molecule has 0 aromatic heterocycles. The number of carbonyl (C=O) groups excluding carboxylic acids is 1. The smallest absolute Gasteiger partial charge is 0.170 e. The van der Waals surface area contributed by atoms with Gasteiger partial charge in [-0.2, -0.15) is 0 Å². The highest BCUT2D eigenvalue weighted by molar-refractivity contribution is 14.1. The zero-order valence-corrected chi connectivity index (χ0v) is 13.2. The summed E-state index contributed by atoms with van der Waals surface area (Å²) in [6.45, 7) is 1.92. The Bertz CT molecular complexity index is 500. The van der Waals surface area contributed by atoms with Crippen LogP contribution in [0.1, 0.15) is 29.3 Å². The van der Waals surface area contributed by atoms with Crippen LogP contribution in [0.5, 0.6) is 11.5 Å². The van der Waals surface area contributed by atoms with E-state index in [0.717, 1.165) is 9.99 Å². The molecule has 0 spiro atoms. The van der Waals surface area contributed by atoms with Gasteiger partial charge in [-0.05, 0) is 19.1 Å². The Labute approximate surface area is 126 Å². The van der Waals surface area contributed by atoms with Crippen LogP contribution in [0.4, 0.5) is 0 Å². The molecule has 0 bridgehead atoms. The number of Topliss-reactive ketones (excluding diaryl/α,β-unsaturated/α-hetero) is 1. The molecule has 1 aromatic carbocycles. The Morgan fingerprint density at radius 1 is 1.53 bits per heavy atom. The molecule has 5 heteroatoms. The third-order valence-corrected chi connectivity index (χ3v) is 4.88. The topological polar surface area (TPSA) is 55.8 Å². The van der Waals surface area contributed by atoms with Crippen molar-refractivity contribution in [2.75, 3.05) is 18.1 Å². The van der Waals surface area contributed by atoms with Crippen LogP contribution in [-0.2, 0) is 6.42 Å². The maximum atomic E-state index is 12.2. The van der Waals surface area contributed by atoms with Crippen LogP contribution in [0.2, 0.25) is 0 Å². The molecular formula is C14H17IO4. The fourth-order valence-electron chi connectivity index (χ4n) is 2.28. The van der Waals surface area contributed by atoms with Gasteiger partial charge >= 0.3 is 0 Å². The number of aliphatic hydroxyl groups excluding tert-OH is 1. The molecule has 0 fully saturated rings. The standard InChI is InChI=1S/C14H17IO4/c1-14(8-15)7-11(17)9-3-4-12(18-2)10(5-6-16)13(9)19-14/h3-4,16H,5-8H2,1-2H3. The van der Waals surface area contributed by atoms with Crippen LogP contribution in [0, 0.1) is 0 Å². The van der Waals surface area contributed by atoms with Gasteiger partial charge in [-0.15, -0.1) is 0 Å². The number of rotatable bonds is 4. The van der Waals surface area contributed by atoms with Crippen LogP contribution < -0.4 is 9.47 Å².